The van der Waals surface area contributed by atoms with E-state index in [1.54, 1.807) is 0 Å². The summed E-state index contributed by atoms with van der Waals surface area (Å²) in [6.45, 7) is 12.8. The first-order valence-electron chi connectivity index (χ1n) is 6.92. The monoisotopic (exact) mass is 248 g/mol. The molecule has 1 aromatic rings. The first kappa shape index (κ1) is 13.3. The number of nitrogens with one attached hydrogen (secondary N) is 1. The van der Waals surface area contributed by atoms with Crippen LogP contribution in [0.1, 0.15) is 50.9 Å². The molecule has 1 aromatic heterocycles. The van der Waals surface area contributed by atoms with Gasteiger partial charge in [-0.25, -0.2) is 9.97 Å². The smallest absolute Gasteiger partial charge is 0.225 e. The van der Waals surface area contributed by atoms with Gasteiger partial charge in [-0.15, -0.1) is 0 Å². The second-order valence-corrected chi connectivity index (χ2v) is 5.56. The van der Waals surface area contributed by atoms with Gasteiger partial charge in [0.2, 0.25) is 5.95 Å². The molecule has 1 N–H and O–H groups in total. The number of hydrogen-bond donors (Lipinski definition) is 1. The lowest BCUT2D eigenvalue weighted by molar-refractivity contribution is 0.576. The number of piperazine rings is 1. The lowest BCUT2D eigenvalue weighted by Crippen LogP contribution is -2.44. The van der Waals surface area contributed by atoms with Gasteiger partial charge in [0, 0.05) is 37.6 Å². The molecule has 18 heavy (non-hydrogen) atoms. The highest BCUT2D eigenvalue weighted by Crippen LogP contribution is 2.21. The van der Waals surface area contributed by atoms with E-state index in [2.05, 4.69) is 44.0 Å². The van der Waals surface area contributed by atoms with E-state index in [1.165, 1.54) is 0 Å². The van der Waals surface area contributed by atoms with Crippen LogP contribution in [-0.4, -0.2) is 36.1 Å². The minimum Gasteiger partial charge on any atom is -0.338 e. The molecule has 0 saturated carbocycles. The molecule has 0 amide bonds. The molecule has 0 aromatic carbocycles. The van der Waals surface area contributed by atoms with Crippen molar-refractivity contribution in [3.05, 3.63) is 17.5 Å². The van der Waals surface area contributed by atoms with Crippen LogP contribution in [0.25, 0.3) is 0 Å². The third-order valence-electron chi connectivity index (χ3n) is 3.34. The molecule has 0 spiro atoms. The van der Waals surface area contributed by atoms with Gasteiger partial charge in [-0.05, 0) is 17.9 Å². The maximum atomic E-state index is 4.73. The number of rotatable bonds is 3. The Bertz CT molecular complexity index is 369. The average molecular weight is 248 g/mol. The summed E-state index contributed by atoms with van der Waals surface area (Å²) < 4.78 is 0. The van der Waals surface area contributed by atoms with Crippen molar-refractivity contribution in [1.29, 1.82) is 0 Å². The molecular formula is C14H24N4. The van der Waals surface area contributed by atoms with Gasteiger partial charge in [-0.3, -0.25) is 0 Å². The second-order valence-electron chi connectivity index (χ2n) is 5.56. The lowest BCUT2D eigenvalue weighted by atomic mass is 10.1. The zero-order chi connectivity index (χ0) is 13.1. The lowest BCUT2D eigenvalue weighted by Gasteiger charge is -2.28. The molecule has 0 radical (unpaired) electrons. The fourth-order valence-electron chi connectivity index (χ4n) is 2.07. The van der Waals surface area contributed by atoms with Crippen molar-refractivity contribution >= 4 is 5.95 Å². The molecule has 0 atom stereocenters. The van der Waals surface area contributed by atoms with Crippen LogP contribution in [0.15, 0.2) is 6.07 Å². The Kier molecular flexibility index (Phi) is 4.17. The van der Waals surface area contributed by atoms with Crippen LogP contribution >= 0.6 is 0 Å². The zero-order valence-corrected chi connectivity index (χ0v) is 11.9. The molecule has 1 aliphatic rings. The van der Waals surface area contributed by atoms with E-state index < -0.39 is 0 Å². The number of anilines is 1. The van der Waals surface area contributed by atoms with Gasteiger partial charge in [0.25, 0.3) is 0 Å². The fraction of sp³-hybridized carbons (Fsp3) is 0.714. The van der Waals surface area contributed by atoms with Crippen LogP contribution in [-0.2, 0) is 0 Å². The molecule has 100 valence electrons. The summed E-state index contributed by atoms with van der Waals surface area (Å²) in [6, 6.07) is 2.15. The van der Waals surface area contributed by atoms with E-state index in [9.17, 15) is 0 Å². The van der Waals surface area contributed by atoms with Crippen LogP contribution in [0.5, 0.6) is 0 Å². The molecule has 1 saturated heterocycles. The van der Waals surface area contributed by atoms with E-state index in [-0.39, 0.29) is 0 Å². The predicted molar refractivity (Wildman–Crippen MR) is 75.3 cm³/mol. The van der Waals surface area contributed by atoms with Gasteiger partial charge < -0.3 is 10.2 Å². The Morgan fingerprint density at radius 3 is 1.94 bits per heavy atom. The first-order chi connectivity index (χ1) is 8.58. The summed E-state index contributed by atoms with van der Waals surface area (Å²) in [5.41, 5.74) is 2.31. The Morgan fingerprint density at radius 2 is 1.50 bits per heavy atom. The first-order valence-corrected chi connectivity index (χ1v) is 6.92. The highest BCUT2D eigenvalue weighted by Gasteiger charge is 2.16. The molecule has 0 unspecified atom stereocenters. The van der Waals surface area contributed by atoms with Crippen LogP contribution in [0.2, 0.25) is 0 Å². The Hall–Kier alpha value is -1.16. The standard InChI is InChI=1S/C14H24N4/c1-10(2)12-9-13(11(3)4)17-14(16-12)18-7-5-15-6-8-18/h9-11,15H,5-8H2,1-4H3. The van der Waals surface area contributed by atoms with Gasteiger partial charge in [-0.1, -0.05) is 27.7 Å². The van der Waals surface area contributed by atoms with Crippen LogP contribution in [0.3, 0.4) is 0 Å². The molecule has 4 nitrogen and oxygen atoms in total. The minimum atomic E-state index is 0.451. The predicted octanol–water partition coefficient (Wildman–Crippen LogP) is 2.13. The largest absolute Gasteiger partial charge is 0.338 e. The highest BCUT2D eigenvalue weighted by molar-refractivity contribution is 5.34. The maximum absolute atomic E-state index is 4.73. The summed E-state index contributed by atoms with van der Waals surface area (Å²) >= 11 is 0. The van der Waals surface area contributed by atoms with Crippen LogP contribution in [0, 0.1) is 0 Å². The van der Waals surface area contributed by atoms with Crippen molar-refractivity contribution in [1.82, 2.24) is 15.3 Å². The van der Waals surface area contributed by atoms with Crippen molar-refractivity contribution in [2.45, 2.75) is 39.5 Å². The SMILES string of the molecule is CC(C)c1cc(C(C)C)nc(N2CCNCC2)n1. The van der Waals surface area contributed by atoms with Gasteiger partial charge in [0.05, 0.1) is 0 Å². The molecule has 1 aliphatic heterocycles. The van der Waals surface area contributed by atoms with Crippen LogP contribution < -0.4 is 10.2 Å². The van der Waals surface area contributed by atoms with Crippen LogP contribution in [0.4, 0.5) is 5.95 Å². The number of hydrogen-bond acceptors (Lipinski definition) is 4. The summed E-state index contributed by atoms with van der Waals surface area (Å²) in [5.74, 6) is 1.81. The molecular weight excluding hydrogens is 224 g/mol. The highest BCUT2D eigenvalue weighted by atomic mass is 15.3. The van der Waals surface area contributed by atoms with Gasteiger partial charge >= 0.3 is 0 Å². The van der Waals surface area contributed by atoms with Crippen molar-refractivity contribution in [2.75, 3.05) is 31.1 Å². The molecule has 4 heteroatoms. The summed E-state index contributed by atoms with van der Waals surface area (Å²) in [4.78, 5) is 11.7. The van der Waals surface area contributed by atoms with Gasteiger partial charge in [0.1, 0.15) is 0 Å². The third kappa shape index (κ3) is 2.99. The quantitative estimate of drug-likeness (QED) is 0.889. The van der Waals surface area contributed by atoms with E-state index in [1.807, 2.05) is 0 Å². The summed E-state index contributed by atoms with van der Waals surface area (Å²) in [5, 5.41) is 3.36. The summed E-state index contributed by atoms with van der Waals surface area (Å²) in [7, 11) is 0. The van der Waals surface area contributed by atoms with E-state index >= 15 is 0 Å². The Balaban J connectivity index is 2.32. The normalized spacial score (nSPS) is 16.7. The third-order valence-corrected chi connectivity index (χ3v) is 3.34. The van der Waals surface area contributed by atoms with Gasteiger partial charge in [0.15, 0.2) is 0 Å². The molecule has 2 rings (SSSR count). The van der Waals surface area contributed by atoms with E-state index in [0.29, 0.717) is 11.8 Å². The van der Waals surface area contributed by atoms with Gasteiger partial charge in [-0.2, -0.15) is 0 Å². The molecule has 1 fully saturated rings. The Morgan fingerprint density at radius 1 is 1.00 bits per heavy atom. The maximum Gasteiger partial charge on any atom is 0.225 e. The van der Waals surface area contributed by atoms with E-state index in [4.69, 9.17) is 9.97 Å². The van der Waals surface area contributed by atoms with E-state index in [0.717, 1.165) is 43.5 Å². The number of aromatic nitrogens is 2. The summed E-state index contributed by atoms with van der Waals surface area (Å²) in [6.07, 6.45) is 0. The molecule has 2 heterocycles. The van der Waals surface area contributed by atoms with Crippen molar-refractivity contribution in [3.63, 3.8) is 0 Å². The fourth-order valence-corrected chi connectivity index (χ4v) is 2.07. The number of nitrogens with zero attached hydrogens (tertiary/aromatic N) is 3. The zero-order valence-electron chi connectivity index (χ0n) is 11.9. The average Bonchev–Trinajstić information content (AvgIpc) is 2.39. The van der Waals surface area contributed by atoms with Crippen molar-refractivity contribution < 1.29 is 0 Å². The minimum absolute atomic E-state index is 0.451. The van der Waals surface area contributed by atoms with Crippen molar-refractivity contribution in [2.24, 2.45) is 0 Å². The topological polar surface area (TPSA) is 41.1 Å². The van der Waals surface area contributed by atoms with Crippen molar-refractivity contribution in [3.8, 4) is 0 Å². The molecule has 0 bridgehead atoms. The second kappa shape index (κ2) is 5.65. The molecule has 0 aliphatic carbocycles. The Labute approximate surface area is 110 Å².